The molecule has 1 aliphatic rings. The van der Waals surface area contributed by atoms with Gasteiger partial charge in [-0.15, -0.1) is 0 Å². The van der Waals surface area contributed by atoms with Crippen LogP contribution in [0.1, 0.15) is 44.0 Å². The van der Waals surface area contributed by atoms with Crippen molar-refractivity contribution in [1.29, 1.82) is 0 Å². The van der Waals surface area contributed by atoms with Gasteiger partial charge in [0.2, 0.25) is 0 Å². The predicted octanol–water partition coefficient (Wildman–Crippen LogP) is 3.28. The first-order valence-electron chi connectivity index (χ1n) is 7.18. The maximum atomic E-state index is 12.3. The molecule has 0 saturated carbocycles. The quantitative estimate of drug-likeness (QED) is 0.792. The summed E-state index contributed by atoms with van der Waals surface area (Å²) in [5.41, 5.74) is 1.01. The van der Waals surface area contributed by atoms with E-state index in [4.69, 9.17) is 0 Å². The fourth-order valence-electron chi connectivity index (χ4n) is 2.60. The molecule has 1 aliphatic heterocycles. The van der Waals surface area contributed by atoms with Crippen LogP contribution in [0.15, 0.2) is 24.3 Å². The van der Waals surface area contributed by atoms with Crippen LogP contribution in [0.4, 0.5) is 0 Å². The van der Waals surface area contributed by atoms with Gasteiger partial charge in [0.05, 0.1) is 5.56 Å². The van der Waals surface area contributed by atoms with Crippen molar-refractivity contribution < 1.29 is 4.79 Å². The number of carbonyl (C=O) groups is 1. The van der Waals surface area contributed by atoms with Crippen LogP contribution in [0.2, 0.25) is 0 Å². The second kappa shape index (κ2) is 6.43. The number of nitrogens with one attached hydrogen (secondary N) is 1. The van der Waals surface area contributed by atoms with E-state index in [1.807, 2.05) is 24.3 Å². The molecule has 0 unspecified atom stereocenters. The second-order valence-corrected chi connectivity index (χ2v) is 7.55. The zero-order chi connectivity index (χ0) is 14.8. The van der Waals surface area contributed by atoms with Crippen molar-refractivity contribution in [3.8, 4) is 0 Å². The molecule has 1 N–H and O–H groups in total. The Morgan fingerprint density at radius 3 is 2.40 bits per heavy atom. The lowest BCUT2D eigenvalue weighted by molar-refractivity contribution is 0.0812. The van der Waals surface area contributed by atoms with Crippen LogP contribution < -0.4 is 5.32 Å². The summed E-state index contributed by atoms with van der Waals surface area (Å²) in [4.78, 5) is 14.8. The summed E-state index contributed by atoms with van der Waals surface area (Å²) in [6, 6.07) is 8.04. The summed E-state index contributed by atoms with van der Waals surface area (Å²) in [5.74, 6) is 0.0595. The predicted molar refractivity (Wildman–Crippen MR) is 91.0 cm³/mol. The van der Waals surface area contributed by atoms with Gasteiger partial charge < -0.3 is 5.32 Å². The number of nitrogens with zero attached hydrogens (tertiary/aromatic N) is 1. The summed E-state index contributed by atoms with van der Waals surface area (Å²) in [6.45, 7) is 8.86. The summed E-state index contributed by atoms with van der Waals surface area (Å²) >= 11 is 2.21. The molecule has 0 radical (unpaired) electrons. The Morgan fingerprint density at radius 1 is 1.25 bits per heavy atom. The number of carbonyl (C=O) groups excluding carboxylic acids is 1. The number of likely N-dealkylation sites (tertiary alicyclic amines) is 1. The zero-order valence-corrected chi connectivity index (χ0v) is 14.6. The molecule has 1 heterocycles. The molecule has 0 aliphatic carbocycles. The normalized spacial score (nSPS) is 18.0. The summed E-state index contributed by atoms with van der Waals surface area (Å²) in [6.07, 6.45) is 2.07. The van der Waals surface area contributed by atoms with Gasteiger partial charge in [0.25, 0.3) is 5.91 Å². The van der Waals surface area contributed by atoms with Gasteiger partial charge >= 0.3 is 0 Å². The Morgan fingerprint density at radius 2 is 1.85 bits per heavy atom. The average Bonchev–Trinajstić information content (AvgIpc) is 2.38. The van der Waals surface area contributed by atoms with Crippen molar-refractivity contribution in [2.75, 3.05) is 13.1 Å². The van der Waals surface area contributed by atoms with Gasteiger partial charge in [-0.05, 0) is 68.3 Å². The maximum absolute atomic E-state index is 12.3. The molecule has 110 valence electrons. The van der Waals surface area contributed by atoms with Crippen molar-refractivity contribution in [3.63, 3.8) is 0 Å². The Balaban J connectivity index is 1.90. The topological polar surface area (TPSA) is 32.3 Å². The highest BCUT2D eigenvalue weighted by Crippen LogP contribution is 2.20. The highest BCUT2D eigenvalue weighted by molar-refractivity contribution is 14.1. The molecule has 1 aromatic rings. The lowest BCUT2D eigenvalue weighted by Crippen LogP contribution is -2.50. The molecule has 0 bridgehead atoms. The van der Waals surface area contributed by atoms with Gasteiger partial charge in [0.1, 0.15) is 0 Å². The monoisotopic (exact) mass is 386 g/mol. The number of hydrogen-bond acceptors (Lipinski definition) is 2. The van der Waals surface area contributed by atoms with Gasteiger partial charge in [-0.3, -0.25) is 9.69 Å². The van der Waals surface area contributed by atoms with E-state index >= 15 is 0 Å². The Hall–Kier alpha value is -0.620. The molecule has 1 aromatic carbocycles. The molecule has 4 heteroatoms. The molecule has 1 fully saturated rings. The SMILES string of the molecule is CC(C)(C)N1CCC(NC(=O)c2ccccc2I)CC1. The van der Waals surface area contributed by atoms with Crippen molar-refractivity contribution in [2.45, 2.75) is 45.2 Å². The fourth-order valence-corrected chi connectivity index (χ4v) is 3.24. The molecular formula is C16H23IN2O. The summed E-state index contributed by atoms with van der Waals surface area (Å²) in [7, 11) is 0. The lowest BCUT2D eigenvalue weighted by Gasteiger charge is -2.41. The third kappa shape index (κ3) is 3.95. The van der Waals surface area contributed by atoms with E-state index < -0.39 is 0 Å². The van der Waals surface area contributed by atoms with E-state index in [0.717, 1.165) is 35.1 Å². The number of rotatable bonds is 2. The third-order valence-electron chi connectivity index (χ3n) is 3.90. The van der Waals surface area contributed by atoms with Crippen LogP contribution in [-0.2, 0) is 0 Å². The van der Waals surface area contributed by atoms with Crippen molar-refractivity contribution >= 4 is 28.5 Å². The third-order valence-corrected chi connectivity index (χ3v) is 4.84. The number of amides is 1. The second-order valence-electron chi connectivity index (χ2n) is 6.39. The average molecular weight is 386 g/mol. The van der Waals surface area contributed by atoms with Crippen LogP contribution in [0, 0.1) is 3.57 Å². The Bertz CT molecular complexity index is 474. The molecule has 1 saturated heterocycles. The standard InChI is InChI=1S/C16H23IN2O/c1-16(2,3)19-10-8-12(9-11-19)18-15(20)13-6-4-5-7-14(13)17/h4-7,12H,8-11H2,1-3H3,(H,18,20). The van der Waals surface area contributed by atoms with E-state index in [-0.39, 0.29) is 11.4 Å². The van der Waals surface area contributed by atoms with Gasteiger partial charge in [-0.25, -0.2) is 0 Å². The van der Waals surface area contributed by atoms with E-state index in [1.165, 1.54) is 0 Å². The lowest BCUT2D eigenvalue weighted by atomic mass is 9.98. The van der Waals surface area contributed by atoms with Crippen molar-refractivity contribution in [3.05, 3.63) is 33.4 Å². The van der Waals surface area contributed by atoms with Crippen LogP contribution >= 0.6 is 22.6 Å². The number of hydrogen-bond donors (Lipinski definition) is 1. The van der Waals surface area contributed by atoms with Crippen LogP contribution in [0.5, 0.6) is 0 Å². The van der Waals surface area contributed by atoms with Gasteiger partial charge in [0, 0.05) is 28.2 Å². The Kier molecular flexibility index (Phi) is 5.07. The molecule has 1 amide bonds. The first-order chi connectivity index (χ1) is 9.38. The summed E-state index contributed by atoms with van der Waals surface area (Å²) in [5, 5.41) is 3.18. The van der Waals surface area contributed by atoms with E-state index in [2.05, 4.69) is 53.6 Å². The molecule has 3 nitrogen and oxygen atoms in total. The van der Waals surface area contributed by atoms with E-state index in [0.29, 0.717) is 6.04 Å². The van der Waals surface area contributed by atoms with Crippen LogP contribution in [0.3, 0.4) is 0 Å². The van der Waals surface area contributed by atoms with Gasteiger partial charge in [-0.1, -0.05) is 12.1 Å². The first-order valence-corrected chi connectivity index (χ1v) is 8.26. The fraction of sp³-hybridized carbons (Fsp3) is 0.562. The minimum absolute atomic E-state index is 0.0595. The highest BCUT2D eigenvalue weighted by atomic mass is 127. The van der Waals surface area contributed by atoms with Crippen molar-refractivity contribution in [2.24, 2.45) is 0 Å². The van der Waals surface area contributed by atoms with E-state index in [1.54, 1.807) is 0 Å². The van der Waals surface area contributed by atoms with Crippen LogP contribution in [0.25, 0.3) is 0 Å². The van der Waals surface area contributed by atoms with Crippen LogP contribution in [-0.4, -0.2) is 35.5 Å². The van der Waals surface area contributed by atoms with Gasteiger partial charge in [0.15, 0.2) is 0 Å². The number of piperidine rings is 1. The molecule has 0 spiro atoms. The largest absolute Gasteiger partial charge is 0.349 e. The molecule has 0 aromatic heterocycles. The number of benzene rings is 1. The summed E-state index contributed by atoms with van der Waals surface area (Å²) < 4.78 is 1.01. The highest BCUT2D eigenvalue weighted by Gasteiger charge is 2.27. The smallest absolute Gasteiger partial charge is 0.252 e. The van der Waals surface area contributed by atoms with Gasteiger partial charge in [-0.2, -0.15) is 0 Å². The molecule has 20 heavy (non-hydrogen) atoms. The molecule has 2 rings (SSSR count). The Labute approximate surface area is 135 Å². The maximum Gasteiger partial charge on any atom is 0.252 e. The van der Waals surface area contributed by atoms with Crippen molar-refractivity contribution in [1.82, 2.24) is 10.2 Å². The number of halogens is 1. The van der Waals surface area contributed by atoms with E-state index in [9.17, 15) is 4.79 Å². The molecule has 0 atom stereocenters. The minimum atomic E-state index is 0.0595. The first kappa shape index (κ1) is 15.8. The zero-order valence-electron chi connectivity index (χ0n) is 12.4. The minimum Gasteiger partial charge on any atom is -0.349 e. The molecular weight excluding hydrogens is 363 g/mol.